The van der Waals surface area contributed by atoms with E-state index in [2.05, 4.69) is 0 Å². The van der Waals surface area contributed by atoms with Crippen molar-refractivity contribution in [3.05, 3.63) is 38.9 Å². The second-order valence-electron chi connectivity index (χ2n) is 5.10. The number of nitrogens with two attached hydrogens (primary N) is 1. The zero-order valence-electron chi connectivity index (χ0n) is 11.1. The molecule has 1 aliphatic rings. The van der Waals surface area contributed by atoms with Gasteiger partial charge in [-0.1, -0.05) is 18.5 Å². The third kappa shape index (κ3) is 2.91. The molecule has 1 fully saturated rings. The number of amides is 1. The number of nitro benzene ring substituents is 1. The number of benzene rings is 1. The maximum absolute atomic E-state index is 12.5. The molecule has 6 nitrogen and oxygen atoms in total. The van der Waals surface area contributed by atoms with Gasteiger partial charge in [0.25, 0.3) is 11.6 Å². The first-order chi connectivity index (χ1) is 9.40. The number of carbonyl (C=O) groups excluding carboxylic acids is 1. The van der Waals surface area contributed by atoms with Crippen molar-refractivity contribution in [2.24, 2.45) is 11.7 Å². The monoisotopic (exact) mass is 297 g/mol. The summed E-state index contributed by atoms with van der Waals surface area (Å²) < 4.78 is 0. The molecule has 0 aromatic heterocycles. The van der Waals surface area contributed by atoms with Crippen molar-refractivity contribution in [2.45, 2.75) is 19.4 Å². The lowest BCUT2D eigenvalue weighted by Crippen LogP contribution is -2.48. The highest BCUT2D eigenvalue weighted by molar-refractivity contribution is 6.31. The Balaban J connectivity index is 2.29. The number of nitro groups is 1. The highest BCUT2D eigenvalue weighted by Crippen LogP contribution is 2.26. The molecule has 1 aromatic rings. The van der Waals surface area contributed by atoms with Crippen molar-refractivity contribution in [3.63, 3.8) is 0 Å². The van der Waals surface area contributed by atoms with Gasteiger partial charge in [-0.3, -0.25) is 14.9 Å². The number of hydrogen-bond acceptors (Lipinski definition) is 4. The lowest BCUT2D eigenvalue weighted by molar-refractivity contribution is -0.385. The van der Waals surface area contributed by atoms with E-state index in [0.717, 1.165) is 0 Å². The molecule has 2 rings (SSSR count). The van der Waals surface area contributed by atoms with Crippen molar-refractivity contribution in [3.8, 4) is 0 Å². The molecule has 0 radical (unpaired) electrons. The van der Waals surface area contributed by atoms with Crippen LogP contribution < -0.4 is 5.73 Å². The fourth-order valence-electron chi connectivity index (χ4n) is 2.36. The number of rotatable bonds is 2. The molecule has 0 aliphatic carbocycles. The van der Waals surface area contributed by atoms with Gasteiger partial charge in [-0.2, -0.15) is 0 Å². The van der Waals surface area contributed by atoms with Crippen LogP contribution in [0.15, 0.2) is 18.2 Å². The maximum Gasteiger partial charge on any atom is 0.282 e. The Kier molecular flexibility index (Phi) is 4.25. The molecule has 1 aliphatic heterocycles. The Morgan fingerprint density at radius 2 is 2.25 bits per heavy atom. The Morgan fingerprint density at radius 1 is 1.55 bits per heavy atom. The first-order valence-corrected chi connectivity index (χ1v) is 6.76. The number of halogens is 1. The van der Waals surface area contributed by atoms with Crippen LogP contribution >= 0.6 is 11.6 Å². The number of hydrogen-bond donors (Lipinski definition) is 1. The molecular weight excluding hydrogens is 282 g/mol. The molecule has 7 heteroatoms. The van der Waals surface area contributed by atoms with Crippen LogP contribution in [-0.2, 0) is 0 Å². The molecular formula is C13H16ClN3O3. The second-order valence-corrected chi connectivity index (χ2v) is 5.54. The summed E-state index contributed by atoms with van der Waals surface area (Å²) in [7, 11) is 0. The van der Waals surface area contributed by atoms with E-state index in [1.165, 1.54) is 18.2 Å². The summed E-state index contributed by atoms with van der Waals surface area (Å²) in [6, 6.07) is 4.08. The zero-order valence-corrected chi connectivity index (χ0v) is 11.8. The van der Waals surface area contributed by atoms with Crippen LogP contribution in [0.1, 0.15) is 23.7 Å². The average Bonchev–Trinajstić information content (AvgIpc) is 2.40. The normalized spacial score (nSPS) is 22.6. The Hall–Kier alpha value is -1.66. The molecule has 0 saturated carbocycles. The standard InChI is InChI=1S/C13H16ClN3O3/c1-8-7-16(5-4-11(8)15)13(18)10-6-9(14)2-3-12(10)17(19)20/h2-3,6,8,11H,4-5,7,15H2,1H3. The number of likely N-dealkylation sites (tertiary alicyclic amines) is 1. The first kappa shape index (κ1) is 14.7. The van der Waals surface area contributed by atoms with E-state index in [9.17, 15) is 14.9 Å². The number of nitrogens with zero attached hydrogens (tertiary/aromatic N) is 2. The summed E-state index contributed by atoms with van der Waals surface area (Å²) in [6.45, 7) is 2.98. The molecule has 2 N–H and O–H groups in total. The second kappa shape index (κ2) is 5.76. The molecule has 20 heavy (non-hydrogen) atoms. The van der Waals surface area contributed by atoms with Gasteiger partial charge in [-0.15, -0.1) is 0 Å². The van der Waals surface area contributed by atoms with Gasteiger partial charge in [0, 0.05) is 30.2 Å². The summed E-state index contributed by atoms with van der Waals surface area (Å²) >= 11 is 5.84. The number of carbonyl (C=O) groups is 1. The largest absolute Gasteiger partial charge is 0.338 e. The molecule has 2 unspecified atom stereocenters. The van der Waals surface area contributed by atoms with Gasteiger partial charge in [0.2, 0.25) is 0 Å². The van der Waals surface area contributed by atoms with Crippen LogP contribution in [0.4, 0.5) is 5.69 Å². The van der Waals surface area contributed by atoms with Crippen molar-refractivity contribution in [1.29, 1.82) is 0 Å². The lowest BCUT2D eigenvalue weighted by atomic mass is 9.94. The third-order valence-electron chi connectivity index (χ3n) is 3.64. The Bertz CT molecular complexity index is 550. The van der Waals surface area contributed by atoms with E-state index in [4.69, 9.17) is 17.3 Å². The predicted molar refractivity (Wildman–Crippen MR) is 75.8 cm³/mol. The van der Waals surface area contributed by atoms with Crippen LogP contribution in [-0.4, -0.2) is 34.9 Å². The molecule has 1 saturated heterocycles. The smallest absolute Gasteiger partial charge is 0.282 e. The highest BCUT2D eigenvalue weighted by atomic mass is 35.5. The van der Waals surface area contributed by atoms with Gasteiger partial charge in [0.15, 0.2) is 0 Å². The molecule has 0 bridgehead atoms. The van der Waals surface area contributed by atoms with Crippen molar-refractivity contribution < 1.29 is 9.72 Å². The van der Waals surface area contributed by atoms with E-state index in [-0.39, 0.29) is 29.1 Å². The molecule has 1 amide bonds. The van der Waals surface area contributed by atoms with E-state index < -0.39 is 4.92 Å². The minimum atomic E-state index is -0.567. The van der Waals surface area contributed by atoms with E-state index >= 15 is 0 Å². The SMILES string of the molecule is CC1CN(C(=O)c2cc(Cl)ccc2[N+](=O)[O-])CCC1N. The number of piperidine rings is 1. The van der Waals surface area contributed by atoms with Crippen LogP contribution in [0.2, 0.25) is 5.02 Å². The van der Waals surface area contributed by atoms with E-state index in [0.29, 0.717) is 24.5 Å². The zero-order chi connectivity index (χ0) is 14.9. The summed E-state index contributed by atoms with van der Waals surface area (Å²) in [6.07, 6.45) is 0.696. The molecule has 1 aromatic carbocycles. The molecule has 1 heterocycles. The fraction of sp³-hybridized carbons (Fsp3) is 0.462. The Labute approximate surface area is 121 Å². The van der Waals surface area contributed by atoms with Crippen LogP contribution in [0.25, 0.3) is 0 Å². The van der Waals surface area contributed by atoms with Crippen molar-refractivity contribution >= 4 is 23.2 Å². The van der Waals surface area contributed by atoms with Gasteiger partial charge in [0.1, 0.15) is 5.56 Å². The molecule has 108 valence electrons. The van der Waals surface area contributed by atoms with Gasteiger partial charge < -0.3 is 10.6 Å². The highest BCUT2D eigenvalue weighted by Gasteiger charge is 2.30. The topological polar surface area (TPSA) is 89.5 Å². The average molecular weight is 298 g/mol. The van der Waals surface area contributed by atoms with Gasteiger partial charge in [-0.05, 0) is 24.5 Å². The minimum absolute atomic E-state index is 0.0326. The first-order valence-electron chi connectivity index (χ1n) is 6.39. The summed E-state index contributed by atoms with van der Waals surface area (Å²) in [5, 5.41) is 11.3. The van der Waals surface area contributed by atoms with Crippen molar-refractivity contribution in [2.75, 3.05) is 13.1 Å². The van der Waals surface area contributed by atoms with E-state index in [1.807, 2.05) is 6.92 Å². The van der Waals surface area contributed by atoms with Crippen LogP contribution in [0.3, 0.4) is 0 Å². The Morgan fingerprint density at radius 3 is 2.85 bits per heavy atom. The lowest BCUT2D eigenvalue weighted by Gasteiger charge is -2.35. The van der Waals surface area contributed by atoms with Gasteiger partial charge in [-0.25, -0.2) is 0 Å². The van der Waals surface area contributed by atoms with Gasteiger partial charge in [0.05, 0.1) is 4.92 Å². The summed E-state index contributed by atoms with van der Waals surface area (Å²) in [5.74, 6) is -0.191. The third-order valence-corrected chi connectivity index (χ3v) is 3.88. The minimum Gasteiger partial charge on any atom is -0.338 e. The molecule has 0 spiro atoms. The van der Waals surface area contributed by atoms with Crippen molar-refractivity contribution in [1.82, 2.24) is 4.90 Å². The van der Waals surface area contributed by atoms with Crippen LogP contribution in [0.5, 0.6) is 0 Å². The van der Waals surface area contributed by atoms with E-state index in [1.54, 1.807) is 4.90 Å². The fourth-order valence-corrected chi connectivity index (χ4v) is 2.53. The molecule has 2 atom stereocenters. The predicted octanol–water partition coefficient (Wildman–Crippen LogP) is 2.06. The maximum atomic E-state index is 12.5. The summed E-state index contributed by atoms with van der Waals surface area (Å²) in [5.41, 5.74) is 5.73. The summed E-state index contributed by atoms with van der Waals surface area (Å²) in [4.78, 5) is 24.5. The quantitative estimate of drug-likeness (QED) is 0.668. The van der Waals surface area contributed by atoms with Crippen LogP contribution in [0, 0.1) is 16.0 Å². The van der Waals surface area contributed by atoms with Gasteiger partial charge >= 0.3 is 0 Å².